The van der Waals surface area contributed by atoms with Crippen LogP contribution in [0.15, 0.2) is 59.6 Å². The van der Waals surface area contributed by atoms with Gasteiger partial charge in [-0.3, -0.25) is 4.99 Å². The fourth-order valence-electron chi connectivity index (χ4n) is 3.83. The second-order valence-corrected chi connectivity index (χ2v) is 7.49. The van der Waals surface area contributed by atoms with Crippen molar-refractivity contribution in [3.8, 4) is 5.75 Å². The largest absolute Gasteiger partial charge is 0.508 e. The standard InChI is InChI=1S/C25H25NO/c1-17-4-3-5-18(2)25(17)26-16-23-14-19-6-7-20-9-11-22(24(27)15-20)13-12-21(23)10-8-19/h3-5,8-11,14-16,27H,6-7,12-13H2,1-2H3. The van der Waals surface area contributed by atoms with E-state index in [1.165, 1.54) is 33.4 Å². The molecular weight excluding hydrogens is 330 g/mol. The molecule has 0 fully saturated rings. The third-order valence-electron chi connectivity index (χ3n) is 5.50. The van der Waals surface area contributed by atoms with Crippen LogP contribution in [0.3, 0.4) is 0 Å². The molecule has 3 aromatic carbocycles. The summed E-state index contributed by atoms with van der Waals surface area (Å²) in [6.45, 7) is 4.21. The maximum Gasteiger partial charge on any atom is 0.119 e. The minimum Gasteiger partial charge on any atom is -0.508 e. The maximum absolute atomic E-state index is 10.3. The number of aliphatic imine (C=N–C) groups is 1. The van der Waals surface area contributed by atoms with Crippen LogP contribution in [-0.4, -0.2) is 11.3 Å². The van der Waals surface area contributed by atoms with Crippen LogP contribution in [0.2, 0.25) is 0 Å². The van der Waals surface area contributed by atoms with Gasteiger partial charge in [0.05, 0.1) is 5.69 Å². The summed E-state index contributed by atoms with van der Waals surface area (Å²) in [5.74, 6) is 0.424. The lowest BCUT2D eigenvalue weighted by Crippen LogP contribution is -2.02. The minimum atomic E-state index is 0.424. The number of hydrogen-bond donors (Lipinski definition) is 1. The van der Waals surface area contributed by atoms with E-state index in [4.69, 9.17) is 4.99 Å². The third kappa shape index (κ3) is 3.80. The molecule has 1 N–H and O–H groups in total. The van der Waals surface area contributed by atoms with Crippen molar-refractivity contribution < 1.29 is 5.11 Å². The van der Waals surface area contributed by atoms with Crippen molar-refractivity contribution in [2.24, 2.45) is 4.99 Å². The van der Waals surface area contributed by atoms with Crippen LogP contribution in [0, 0.1) is 13.8 Å². The van der Waals surface area contributed by atoms with Crippen molar-refractivity contribution in [3.05, 3.63) is 93.5 Å². The Morgan fingerprint density at radius 3 is 2.11 bits per heavy atom. The van der Waals surface area contributed by atoms with Gasteiger partial charge in [-0.05, 0) is 90.6 Å². The zero-order chi connectivity index (χ0) is 18.8. The predicted octanol–water partition coefficient (Wildman–Crippen LogP) is 5.64. The van der Waals surface area contributed by atoms with Crippen LogP contribution in [0.4, 0.5) is 5.69 Å². The molecule has 0 amide bonds. The molecule has 0 spiro atoms. The molecule has 0 atom stereocenters. The molecule has 136 valence electrons. The van der Waals surface area contributed by atoms with Crippen molar-refractivity contribution in [3.63, 3.8) is 0 Å². The van der Waals surface area contributed by atoms with Crippen molar-refractivity contribution >= 4 is 11.9 Å². The fraction of sp³-hybridized carbons (Fsp3) is 0.240. The Balaban J connectivity index is 1.71. The SMILES string of the molecule is Cc1cccc(C)c1N=Cc1cc2ccc1CCc1ccc(cc1O)CC2. The number of rotatable bonds is 2. The minimum absolute atomic E-state index is 0.424. The normalized spacial score (nSPS) is 13.7. The monoisotopic (exact) mass is 355 g/mol. The lowest BCUT2D eigenvalue weighted by atomic mass is 9.93. The third-order valence-corrected chi connectivity index (χ3v) is 5.50. The van der Waals surface area contributed by atoms with Gasteiger partial charge in [-0.2, -0.15) is 0 Å². The zero-order valence-corrected chi connectivity index (χ0v) is 16.0. The topological polar surface area (TPSA) is 32.6 Å². The lowest BCUT2D eigenvalue weighted by molar-refractivity contribution is 0.467. The molecule has 7 rings (SSSR count). The molecule has 27 heavy (non-hydrogen) atoms. The first-order chi connectivity index (χ1) is 13.1. The summed E-state index contributed by atoms with van der Waals surface area (Å²) in [5.41, 5.74) is 9.43. The number of hydrogen-bond acceptors (Lipinski definition) is 2. The molecular formula is C25H25NO. The van der Waals surface area contributed by atoms with Crippen LogP contribution >= 0.6 is 0 Å². The second kappa shape index (κ2) is 7.40. The smallest absolute Gasteiger partial charge is 0.119 e. The number of aromatic hydroxyl groups is 1. The molecule has 4 bridgehead atoms. The number of phenolic OH excluding ortho intramolecular Hbond substituents is 1. The highest BCUT2D eigenvalue weighted by Crippen LogP contribution is 2.26. The summed E-state index contributed by atoms with van der Waals surface area (Å²) in [7, 11) is 0. The van der Waals surface area contributed by atoms with Crippen molar-refractivity contribution in [2.75, 3.05) is 0 Å². The predicted molar refractivity (Wildman–Crippen MR) is 113 cm³/mol. The molecule has 0 saturated heterocycles. The van der Waals surface area contributed by atoms with E-state index in [-0.39, 0.29) is 0 Å². The average Bonchev–Trinajstić information content (AvgIpc) is 2.64. The van der Waals surface area contributed by atoms with Gasteiger partial charge in [-0.25, -0.2) is 0 Å². The first-order valence-electron chi connectivity index (χ1n) is 9.63. The Bertz CT molecular complexity index is 997. The van der Waals surface area contributed by atoms with Crippen LogP contribution in [0.5, 0.6) is 5.75 Å². The van der Waals surface area contributed by atoms with Crippen molar-refractivity contribution in [2.45, 2.75) is 39.5 Å². The van der Waals surface area contributed by atoms with Gasteiger partial charge in [0.15, 0.2) is 0 Å². The number of phenols is 1. The molecule has 0 unspecified atom stereocenters. The van der Waals surface area contributed by atoms with E-state index < -0.39 is 0 Å². The molecule has 0 aliphatic heterocycles. The summed E-state index contributed by atoms with van der Waals surface area (Å²) in [6, 6.07) is 19.2. The van der Waals surface area contributed by atoms with Gasteiger partial charge >= 0.3 is 0 Å². The van der Waals surface area contributed by atoms with E-state index in [9.17, 15) is 5.11 Å². The second-order valence-electron chi connectivity index (χ2n) is 7.49. The number of para-hydroxylation sites is 1. The highest BCUT2D eigenvalue weighted by Gasteiger charge is 2.10. The van der Waals surface area contributed by atoms with Gasteiger partial charge in [-0.1, -0.05) is 42.5 Å². The summed E-state index contributed by atoms with van der Waals surface area (Å²) in [5, 5.41) is 10.3. The number of aryl methyl sites for hydroxylation is 6. The van der Waals surface area contributed by atoms with E-state index >= 15 is 0 Å². The van der Waals surface area contributed by atoms with Crippen LogP contribution in [-0.2, 0) is 25.7 Å². The average molecular weight is 355 g/mol. The first-order valence-corrected chi connectivity index (χ1v) is 9.63. The van der Waals surface area contributed by atoms with Gasteiger partial charge in [0, 0.05) is 6.21 Å². The van der Waals surface area contributed by atoms with Crippen LogP contribution in [0.1, 0.15) is 38.9 Å². The molecule has 0 heterocycles. The fourth-order valence-corrected chi connectivity index (χ4v) is 3.83. The molecule has 4 aliphatic carbocycles. The molecule has 2 nitrogen and oxygen atoms in total. The molecule has 0 aromatic heterocycles. The lowest BCUT2D eigenvalue weighted by Gasteiger charge is -2.13. The van der Waals surface area contributed by atoms with E-state index in [0.29, 0.717) is 5.75 Å². The number of nitrogens with zero attached hydrogens (tertiary/aromatic N) is 1. The highest BCUT2D eigenvalue weighted by molar-refractivity contribution is 5.85. The molecule has 0 saturated carbocycles. The zero-order valence-electron chi connectivity index (χ0n) is 16.0. The highest BCUT2D eigenvalue weighted by atomic mass is 16.3. The van der Waals surface area contributed by atoms with Gasteiger partial charge < -0.3 is 5.11 Å². The van der Waals surface area contributed by atoms with Crippen LogP contribution < -0.4 is 0 Å². The van der Waals surface area contributed by atoms with Gasteiger partial charge in [0.1, 0.15) is 5.75 Å². The maximum atomic E-state index is 10.3. The summed E-state index contributed by atoms with van der Waals surface area (Å²) < 4.78 is 0. The summed E-state index contributed by atoms with van der Waals surface area (Å²) in [6.07, 6.45) is 5.63. The first kappa shape index (κ1) is 17.5. The van der Waals surface area contributed by atoms with E-state index in [1.54, 1.807) is 0 Å². The Hall–Kier alpha value is -2.87. The molecule has 4 aliphatic rings. The Labute approximate surface area is 161 Å². The summed E-state index contributed by atoms with van der Waals surface area (Å²) >= 11 is 0. The molecule has 3 aromatic rings. The van der Waals surface area contributed by atoms with Gasteiger partial charge in [0.25, 0.3) is 0 Å². The molecule has 2 heteroatoms. The van der Waals surface area contributed by atoms with Crippen LogP contribution in [0.25, 0.3) is 0 Å². The van der Waals surface area contributed by atoms with E-state index in [2.05, 4.69) is 62.4 Å². The Morgan fingerprint density at radius 2 is 1.41 bits per heavy atom. The molecule has 0 radical (unpaired) electrons. The van der Waals surface area contributed by atoms with Crippen molar-refractivity contribution in [1.82, 2.24) is 0 Å². The Kier molecular flexibility index (Phi) is 4.81. The Morgan fingerprint density at radius 1 is 0.778 bits per heavy atom. The van der Waals surface area contributed by atoms with E-state index in [1.807, 2.05) is 12.3 Å². The quantitative estimate of drug-likeness (QED) is 0.593. The summed E-state index contributed by atoms with van der Waals surface area (Å²) in [4.78, 5) is 4.83. The number of benzene rings is 3. The van der Waals surface area contributed by atoms with E-state index in [0.717, 1.165) is 36.9 Å². The van der Waals surface area contributed by atoms with Gasteiger partial charge in [-0.15, -0.1) is 0 Å². The van der Waals surface area contributed by atoms with Gasteiger partial charge in [0.2, 0.25) is 0 Å². The van der Waals surface area contributed by atoms with Crippen molar-refractivity contribution in [1.29, 1.82) is 0 Å².